The topological polar surface area (TPSA) is 80.5 Å². The van der Waals surface area contributed by atoms with E-state index in [-0.39, 0.29) is 5.91 Å². The number of nitrogens with one attached hydrogen (secondary N) is 1. The third kappa shape index (κ3) is 2.88. The zero-order valence-corrected chi connectivity index (χ0v) is 13.3. The maximum Gasteiger partial charge on any atom is 0.271 e. The van der Waals surface area contributed by atoms with Crippen LogP contribution >= 0.6 is 0 Å². The highest BCUT2D eigenvalue weighted by atomic mass is 16.5. The van der Waals surface area contributed by atoms with Gasteiger partial charge in [0.25, 0.3) is 5.91 Å². The molecular weight excluding hydrogens is 280 g/mol. The first kappa shape index (κ1) is 15.1. The lowest BCUT2D eigenvalue weighted by atomic mass is 10.0. The van der Waals surface area contributed by atoms with Crippen LogP contribution in [-0.4, -0.2) is 35.6 Å². The van der Waals surface area contributed by atoms with E-state index in [1.165, 1.54) is 19.3 Å². The Morgan fingerprint density at radius 1 is 1.45 bits per heavy atom. The minimum Gasteiger partial charge on any atom is -0.474 e. The Bertz CT molecular complexity index is 567. The molecule has 22 heavy (non-hydrogen) atoms. The van der Waals surface area contributed by atoms with Gasteiger partial charge in [0.15, 0.2) is 17.2 Å². The average Bonchev–Trinajstić information content (AvgIpc) is 2.49. The highest BCUT2D eigenvalue weighted by molar-refractivity contribution is 6.01. The standard InChI is InChI=1S/C16H24N4O2/c1-16(2)15(21)20(10-8-11-5-3-4-9-18-11)14-12(22-16)6-7-13(17)19-14/h6-7,11,18H,3-5,8-10H2,1-2H3,(H2,17,19). The van der Waals surface area contributed by atoms with Crippen molar-refractivity contribution in [1.29, 1.82) is 0 Å². The van der Waals surface area contributed by atoms with E-state index in [4.69, 9.17) is 10.5 Å². The summed E-state index contributed by atoms with van der Waals surface area (Å²) in [5.74, 6) is 1.50. The van der Waals surface area contributed by atoms with Crippen molar-refractivity contribution >= 4 is 17.5 Å². The van der Waals surface area contributed by atoms with Crippen LogP contribution < -0.4 is 20.7 Å². The van der Waals surface area contributed by atoms with Crippen LogP contribution in [0.3, 0.4) is 0 Å². The summed E-state index contributed by atoms with van der Waals surface area (Å²) in [5.41, 5.74) is 4.91. The van der Waals surface area contributed by atoms with E-state index < -0.39 is 5.60 Å². The van der Waals surface area contributed by atoms with Gasteiger partial charge < -0.3 is 15.8 Å². The van der Waals surface area contributed by atoms with Crippen LogP contribution in [0.2, 0.25) is 0 Å². The van der Waals surface area contributed by atoms with Gasteiger partial charge in [-0.15, -0.1) is 0 Å². The molecule has 2 aliphatic rings. The molecule has 1 saturated heterocycles. The van der Waals surface area contributed by atoms with Gasteiger partial charge in [-0.25, -0.2) is 4.98 Å². The van der Waals surface area contributed by atoms with Gasteiger partial charge in [0.1, 0.15) is 5.82 Å². The average molecular weight is 304 g/mol. The quantitative estimate of drug-likeness (QED) is 0.888. The molecule has 3 rings (SSSR count). The zero-order valence-electron chi connectivity index (χ0n) is 13.3. The monoisotopic (exact) mass is 304 g/mol. The van der Waals surface area contributed by atoms with Crippen molar-refractivity contribution in [3.8, 4) is 5.75 Å². The molecule has 2 aliphatic heterocycles. The number of rotatable bonds is 3. The van der Waals surface area contributed by atoms with Gasteiger partial charge in [0, 0.05) is 12.6 Å². The maximum absolute atomic E-state index is 12.7. The van der Waals surface area contributed by atoms with Gasteiger partial charge in [-0.05, 0) is 51.8 Å². The molecule has 0 bridgehead atoms. The normalized spacial score (nSPS) is 23.8. The van der Waals surface area contributed by atoms with Crippen LogP contribution in [0.5, 0.6) is 5.75 Å². The number of carbonyl (C=O) groups is 1. The summed E-state index contributed by atoms with van der Waals surface area (Å²) < 4.78 is 5.78. The van der Waals surface area contributed by atoms with Crippen molar-refractivity contribution in [1.82, 2.24) is 10.3 Å². The minimum atomic E-state index is -0.870. The molecule has 3 N–H and O–H groups in total. The van der Waals surface area contributed by atoms with Crippen LogP contribution in [0.15, 0.2) is 12.1 Å². The SMILES string of the molecule is CC1(C)Oc2ccc(N)nc2N(CCC2CCCCN2)C1=O. The second-order valence-corrected chi connectivity index (χ2v) is 6.56. The Kier molecular flexibility index (Phi) is 3.95. The van der Waals surface area contributed by atoms with Crippen LogP contribution in [0.1, 0.15) is 39.5 Å². The number of nitrogens with zero attached hydrogens (tertiary/aromatic N) is 2. The number of ether oxygens (including phenoxy) is 1. The fourth-order valence-corrected chi connectivity index (χ4v) is 3.13. The Morgan fingerprint density at radius 2 is 2.27 bits per heavy atom. The van der Waals surface area contributed by atoms with E-state index in [9.17, 15) is 4.79 Å². The number of pyridine rings is 1. The molecule has 6 nitrogen and oxygen atoms in total. The molecule has 0 spiro atoms. The number of piperidine rings is 1. The Morgan fingerprint density at radius 3 is 3.00 bits per heavy atom. The molecule has 0 radical (unpaired) electrons. The van der Waals surface area contributed by atoms with Crippen molar-refractivity contribution in [2.75, 3.05) is 23.7 Å². The summed E-state index contributed by atoms with van der Waals surface area (Å²) in [4.78, 5) is 18.7. The molecule has 120 valence electrons. The molecule has 1 unspecified atom stereocenters. The predicted molar refractivity (Wildman–Crippen MR) is 86.0 cm³/mol. The first-order valence-electron chi connectivity index (χ1n) is 7.98. The number of anilines is 2. The molecule has 1 aromatic heterocycles. The van der Waals surface area contributed by atoms with Crippen LogP contribution in [-0.2, 0) is 4.79 Å². The van der Waals surface area contributed by atoms with E-state index in [1.807, 2.05) is 0 Å². The third-order valence-electron chi connectivity index (χ3n) is 4.36. The molecule has 1 aromatic rings. The lowest BCUT2D eigenvalue weighted by molar-refractivity contribution is -0.132. The Hall–Kier alpha value is -1.82. The molecule has 0 aliphatic carbocycles. The number of hydrogen-bond acceptors (Lipinski definition) is 5. The summed E-state index contributed by atoms with van der Waals surface area (Å²) in [7, 11) is 0. The number of hydrogen-bond donors (Lipinski definition) is 2. The van der Waals surface area contributed by atoms with Crippen molar-refractivity contribution in [3.63, 3.8) is 0 Å². The number of carbonyl (C=O) groups excluding carboxylic acids is 1. The molecule has 1 fully saturated rings. The molecular formula is C16H24N4O2. The Balaban J connectivity index is 1.81. The van der Waals surface area contributed by atoms with E-state index in [0.29, 0.717) is 30.0 Å². The molecule has 3 heterocycles. The van der Waals surface area contributed by atoms with Gasteiger partial charge in [-0.2, -0.15) is 0 Å². The highest BCUT2D eigenvalue weighted by Gasteiger charge is 2.41. The molecule has 0 aromatic carbocycles. The van der Waals surface area contributed by atoms with Crippen LogP contribution in [0, 0.1) is 0 Å². The number of aromatic nitrogens is 1. The summed E-state index contributed by atoms with van der Waals surface area (Å²) in [6.07, 6.45) is 4.57. The van der Waals surface area contributed by atoms with Gasteiger partial charge >= 0.3 is 0 Å². The zero-order chi connectivity index (χ0) is 15.7. The molecule has 6 heteroatoms. The van der Waals surface area contributed by atoms with E-state index >= 15 is 0 Å². The van der Waals surface area contributed by atoms with Crippen LogP contribution in [0.25, 0.3) is 0 Å². The first-order chi connectivity index (χ1) is 10.5. The molecule has 1 atom stereocenters. The number of nitrogens with two attached hydrogens (primary N) is 1. The van der Waals surface area contributed by atoms with Crippen molar-refractivity contribution in [2.24, 2.45) is 0 Å². The van der Waals surface area contributed by atoms with Crippen molar-refractivity contribution in [2.45, 2.75) is 51.2 Å². The Labute approximate surface area is 131 Å². The fourth-order valence-electron chi connectivity index (χ4n) is 3.13. The summed E-state index contributed by atoms with van der Waals surface area (Å²) in [6.45, 7) is 5.28. The van der Waals surface area contributed by atoms with Gasteiger partial charge in [0.05, 0.1) is 0 Å². The maximum atomic E-state index is 12.7. The van der Waals surface area contributed by atoms with Crippen LogP contribution in [0.4, 0.5) is 11.6 Å². The fraction of sp³-hybridized carbons (Fsp3) is 0.625. The van der Waals surface area contributed by atoms with E-state index in [0.717, 1.165) is 13.0 Å². The highest BCUT2D eigenvalue weighted by Crippen LogP contribution is 2.37. The summed E-state index contributed by atoms with van der Waals surface area (Å²) >= 11 is 0. The second-order valence-electron chi connectivity index (χ2n) is 6.56. The predicted octanol–water partition coefficient (Wildman–Crippen LogP) is 1.70. The second kappa shape index (κ2) is 5.76. The lowest BCUT2D eigenvalue weighted by Crippen LogP contribution is -2.53. The lowest BCUT2D eigenvalue weighted by Gasteiger charge is -2.38. The largest absolute Gasteiger partial charge is 0.474 e. The minimum absolute atomic E-state index is 0.0612. The summed E-state index contributed by atoms with van der Waals surface area (Å²) in [6, 6.07) is 3.96. The first-order valence-corrected chi connectivity index (χ1v) is 7.98. The smallest absolute Gasteiger partial charge is 0.271 e. The summed E-state index contributed by atoms with van der Waals surface area (Å²) in [5, 5.41) is 3.52. The molecule has 0 saturated carbocycles. The van der Waals surface area contributed by atoms with Gasteiger partial charge in [0.2, 0.25) is 0 Å². The molecule has 1 amide bonds. The van der Waals surface area contributed by atoms with Crippen molar-refractivity contribution < 1.29 is 9.53 Å². The number of amides is 1. The van der Waals surface area contributed by atoms with Gasteiger partial charge in [-0.1, -0.05) is 6.42 Å². The third-order valence-corrected chi connectivity index (χ3v) is 4.36. The number of nitrogen functional groups attached to an aromatic ring is 1. The van der Waals surface area contributed by atoms with E-state index in [2.05, 4.69) is 10.3 Å². The number of fused-ring (bicyclic) bond motifs is 1. The van der Waals surface area contributed by atoms with Crippen molar-refractivity contribution in [3.05, 3.63) is 12.1 Å². The van der Waals surface area contributed by atoms with E-state index in [1.54, 1.807) is 30.9 Å². The van der Waals surface area contributed by atoms with Gasteiger partial charge in [-0.3, -0.25) is 9.69 Å².